The molecule has 148 valence electrons. The van der Waals surface area contributed by atoms with Crippen molar-refractivity contribution in [1.82, 2.24) is 5.32 Å². The summed E-state index contributed by atoms with van der Waals surface area (Å²) < 4.78 is 26.2. The van der Waals surface area contributed by atoms with Crippen LogP contribution >= 0.6 is 0 Å². The topological polar surface area (TPSA) is 66.5 Å². The van der Waals surface area contributed by atoms with E-state index in [1.807, 2.05) is 39.8 Å². The highest BCUT2D eigenvalue weighted by molar-refractivity contribution is 7.92. The lowest BCUT2D eigenvalue weighted by atomic mass is 9.81. The van der Waals surface area contributed by atoms with Crippen LogP contribution in [0.3, 0.4) is 0 Å². The zero-order chi connectivity index (χ0) is 20.5. The molecule has 0 heterocycles. The maximum absolute atomic E-state index is 12.9. The van der Waals surface area contributed by atoms with E-state index in [4.69, 9.17) is 0 Å². The number of carbonyl (C=O) groups excluding carboxylic acids is 1. The average Bonchev–Trinajstić information content (AvgIpc) is 2.37. The van der Waals surface area contributed by atoms with Gasteiger partial charge in [-0.25, -0.2) is 8.42 Å². The summed E-state index contributed by atoms with van der Waals surface area (Å²) in [5, 5.41) is 3.02. The maximum Gasteiger partial charge on any atom is 0.244 e. The van der Waals surface area contributed by atoms with Gasteiger partial charge in [0.2, 0.25) is 15.9 Å². The van der Waals surface area contributed by atoms with Crippen molar-refractivity contribution in [2.75, 3.05) is 10.6 Å². The van der Waals surface area contributed by atoms with Crippen LogP contribution in [0.5, 0.6) is 0 Å². The third-order valence-electron chi connectivity index (χ3n) is 4.12. The normalized spacial score (nSPS) is 14.0. The van der Waals surface area contributed by atoms with E-state index in [9.17, 15) is 13.2 Å². The molecule has 0 aliphatic heterocycles. The third kappa shape index (κ3) is 6.31. The number of nitrogens with zero attached hydrogens (tertiary/aromatic N) is 1. The number of hydrogen-bond acceptors (Lipinski definition) is 3. The van der Waals surface area contributed by atoms with Crippen LogP contribution in [-0.4, -0.2) is 32.2 Å². The van der Waals surface area contributed by atoms with Crippen LogP contribution in [-0.2, 0) is 14.8 Å². The summed E-state index contributed by atoms with van der Waals surface area (Å²) in [6.07, 6.45) is 1.92. The van der Waals surface area contributed by atoms with E-state index in [1.54, 1.807) is 13.0 Å². The average molecular weight is 383 g/mol. The number of hydrogen-bond donors (Lipinski definition) is 1. The zero-order valence-corrected chi connectivity index (χ0v) is 18.4. The molecule has 0 radical (unpaired) electrons. The Balaban J connectivity index is 3.21. The predicted molar refractivity (Wildman–Crippen MR) is 109 cm³/mol. The van der Waals surface area contributed by atoms with Crippen molar-refractivity contribution in [3.63, 3.8) is 0 Å². The van der Waals surface area contributed by atoms with Gasteiger partial charge in [-0.2, -0.15) is 0 Å². The van der Waals surface area contributed by atoms with E-state index < -0.39 is 21.6 Å². The highest BCUT2D eigenvalue weighted by Gasteiger charge is 2.34. The smallest absolute Gasteiger partial charge is 0.244 e. The van der Waals surface area contributed by atoms with E-state index in [-0.39, 0.29) is 11.3 Å². The number of carbonyl (C=O) groups is 1. The van der Waals surface area contributed by atoms with Crippen LogP contribution in [0.2, 0.25) is 0 Å². The summed E-state index contributed by atoms with van der Waals surface area (Å²) in [4.78, 5) is 12.9. The van der Waals surface area contributed by atoms with Crippen molar-refractivity contribution >= 4 is 21.6 Å². The minimum atomic E-state index is -3.62. The number of amides is 1. The second-order valence-corrected chi connectivity index (χ2v) is 11.0. The largest absolute Gasteiger partial charge is 0.349 e. The van der Waals surface area contributed by atoms with Gasteiger partial charge in [-0.3, -0.25) is 9.10 Å². The Hall–Kier alpha value is -1.56. The van der Waals surface area contributed by atoms with Gasteiger partial charge >= 0.3 is 0 Å². The molecule has 1 aromatic carbocycles. The summed E-state index contributed by atoms with van der Waals surface area (Å²) in [6.45, 7) is 15.7. The standard InChI is InChI=1S/C20H34N2O3S/c1-14-10-11-15(2)17(12-14)22(26(9,24)25)16(3)18(23)21-20(7,8)13-19(4,5)6/h10-12,16H,13H2,1-9H3,(H,21,23)/t16-/m1/s1. The molecule has 1 rings (SSSR count). The Labute approximate surface area is 159 Å². The first kappa shape index (κ1) is 22.5. The molecule has 26 heavy (non-hydrogen) atoms. The number of aryl methyl sites for hydroxylation is 2. The van der Waals surface area contributed by atoms with E-state index >= 15 is 0 Å². The SMILES string of the molecule is Cc1ccc(C)c(N([C@H](C)C(=O)NC(C)(C)CC(C)(C)C)S(C)(=O)=O)c1. The van der Waals surface area contributed by atoms with Crippen LogP contribution in [0.4, 0.5) is 5.69 Å². The van der Waals surface area contributed by atoms with Gasteiger partial charge < -0.3 is 5.32 Å². The van der Waals surface area contributed by atoms with Crippen LogP contribution < -0.4 is 9.62 Å². The Bertz CT molecular complexity index is 762. The Kier molecular flexibility index (Phi) is 6.56. The number of anilines is 1. The molecule has 0 aromatic heterocycles. The van der Waals surface area contributed by atoms with Crippen LogP contribution in [0.1, 0.15) is 59.1 Å². The highest BCUT2D eigenvalue weighted by Crippen LogP contribution is 2.29. The quantitative estimate of drug-likeness (QED) is 0.814. The summed E-state index contributed by atoms with van der Waals surface area (Å²) in [7, 11) is -3.62. The van der Waals surface area contributed by atoms with Crippen LogP contribution in [0, 0.1) is 19.3 Å². The fraction of sp³-hybridized carbons (Fsp3) is 0.650. The lowest BCUT2D eigenvalue weighted by molar-refractivity contribution is -0.123. The van der Waals surface area contributed by atoms with Crippen molar-refractivity contribution in [3.8, 4) is 0 Å². The highest BCUT2D eigenvalue weighted by atomic mass is 32.2. The molecule has 1 atom stereocenters. The van der Waals surface area contributed by atoms with Gasteiger partial charge in [0.15, 0.2) is 0 Å². The summed E-state index contributed by atoms with van der Waals surface area (Å²) in [5.41, 5.74) is 1.91. The fourth-order valence-corrected chi connectivity index (χ4v) is 4.77. The second kappa shape index (κ2) is 7.59. The van der Waals surface area contributed by atoms with Gasteiger partial charge in [0.05, 0.1) is 11.9 Å². The monoisotopic (exact) mass is 382 g/mol. The first-order valence-electron chi connectivity index (χ1n) is 8.92. The van der Waals surface area contributed by atoms with Crippen molar-refractivity contribution in [2.24, 2.45) is 5.41 Å². The molecule has 0 bridgehead atoms. The van der Waals surface area contributed by atoms with Crippen LogP contribution in [0.15, 0.2) is 18.2 Å². The molecule has 0 aliphatic carbocycles. The number of rotatable bonds is 6. The van der Waals surface area contributed by atoms with Crippen molar-refractivity contribution in [3.05, 3.63) is 29.3 Å². The van der Waals surface area contributed by atoms with Gasteiger partial charge in [0, 0.05) is 5.54 Å². The predicted octanol–water partition coefficient (Wildman–Crippen LogP) is 3.79. The van der Waals surface area contributed by atoms with Gasteiger partial charge in [-0.15, -0.1) is 0 Å². The van der Waals surface area contributed by atoms with E-state index in [0.29, 0.717) is 5.69 Å². The molecule has 1 aromatic rings. The minimum absolute atomic E-state index is 0.0453. The Morgan fingerprint density at radius 2 is 1.69 bits per heavy atom. The summed E-state index contributed by atoms with van der Waals surface area (Å²) in [5.74, 6) is -0.300. The molecule has 0 saturated heterocycles. The number of sulfonamides is 1. The number of benzene rings is 1. The van der Waals surface area contributed by atoms with Crippen molar-refractivity contribution in [1.29, 1.82) is 0 Å². The molecule has 6 heteroatoms. The Morgan fingerprint density at radius 3 is 2.15 bits per heavy atom. The van der Waals surface area contributed by atoms with E-state index in [0.717, 1.165) is 23.8 Å². The molecule has 0 fully saturated rings. The minimum Gasteiger partial charge on any atom is -0.349 e. The lowest BCUT2D eigenvalue weighted by Crippen LogP contribution is -2.54. The maximum atomic E-state index is 12.9. The third-order valence-corrected chi connectivity index (χ3v) is 5.35. The van der Waals surface area contributed by atoms with E-state index in [1.165, 1.54) is 4.31 Å². The molecule has 0 aliphatic rings. The first-order valence-corrected chi connectivity index (χ1v) is 10.8. The fourth-order valence-electron chi connectivity index (χ4n) is 3.55. The van der Waals surface area contributed by atoms with Crippen molar-refractivity contribution in [2.45, 2.75) is 73.4 Å². The molecule has 0 spiro atoms. The van der Waals surface area contributed by atoms with E-state index in [2.05, 4.69) is 26.1 Å². The van der Waals surface area contributed by atoms with Crippen LogP contribution in [0.25, 0.3) is 0 Å². The zero-order valence-electron chi connectivity index (χ0n) is 17.6. The second-order valence-electron chi connectivity index (χ2n) is 9.14. The molecular weight excluding hydrogens is 348 g/mol. The summed E-state index contributed by atoms with van der Waals surface area (Å²) in [6, 6.07) is 4.76. The molecule has 1 N–H and O–H groups in total. The molecule has 0 saturated carbocycles. The van der Waals surface area contributed by atoms with Crippen molar-refractivity contribution < 1.29 is 13.2 Å². The first-order chi connectivity index (χ1) is 11.5. The van der Waals surface area contributed by atoms with Gasteiger partial charge in [-0.1, -0.05) is 32.9 Å². The molecule has 5 nitrogen and oxygen atoms in total. The van der Waals surface area contributed by atoms with Gasteiger partial charge in [0.25, 0.3) is 0 Å². The van der Waals surface area contributed by atoms with Gasteiger partial charge in [0.1, 0.15) is 6.04 Å². The lowest BCUT2D eigenvalue weighted by Gasteiger charge is -2.36. The number of nitrogens with one attached hydrogen (secondary N) is 1. The summed E-state index contributed by atoms with van der Waals surface area (Å²) >= 11 is 0. The molecule has 1 amide bonds. The molecular formula is C20H34N2O3S. The Morgan fingerprint density at radius 1 is 1.15 bits per heavy atom. The molecule has 0 unspecified atom stereocenters. The van der Waals surface area contributed by atoms with Gasteiger partial charge in [-0.05, 0) is 63.6 Å².